The van der Waals surface area contributed by atoms with Crippen LogP contribution in [0.5, 0.6) is 0 Å². The lowest BCUT2D eigenvalue weighted by atomic mass is 10.3. The smallest absolute Gasteiger partial charge is 0.283 e. The third kappa shape index (κ3) is 3.28. The predicted molar refractivity (Wildman–Crippen MR) is 83.3 cm³/mol. The highest BCUT2D eigenvalue weighted by molar-refractivity contribution is 7.89. The van der Waals surface area contributed by atoms with E-state index in [1.165, 1.54) is 12.3 Å². The van der Waals surface area contributed by atoms with Gasteiger partial charge in [0.05, 0.1) is 23.0 Å². The van der Waals surface area contributed by atoms with E-state index in [2.05, 4.69) is 15.4 Å². The number of nitrogens with one attached hydrogen (secondary N) is 1. The lowest BCUT2D eigenvalue weighted by Crippen LogP contribution is -2.15. The second kappa shape index (κ2) is 6.59. The fourth-order valence-corrected chi connectivity index (χ4v) is 3.13. The Labute approximate surface area is 145 Å². The molecule has 26 heavy (non-hydrogen) atoms. The zero-order valence-corrected chi connectivity index (χ0v) is 13.5. The SMILES string of the molecule is O=C(Nc1cnn(S(=O)(=O)c2cc(F)c(F)c(F)c2)c1)c1ccccn1. The number of carbonyl (C=O) groups excluding carboxylic acids is 1. The van der Waals surface area contributed by atoms with Crippen LogP contribution in [0.2, 0.25) is 0 Å². The highest BCUT2D eigenvalue weighted by Gasteiger charge is 2.23. The number of carbonyl (C=O) groups is 1. The summed E-state index contributed by atoms with van der Waals surface area (Å²) in [6, 6.07) is 5.32. The number of hydrogen-bond acceptors (Lipinski definition) is 5. The number of benzene rings is 1. The fraction of sp³-hybridized carbons (Fsp3) is 0. The minimum Gasteiger partial charge on any atom is -0.318 e. The van der Waals surface area contributed by atoms with Gasteiger partial charge >= 0.3 is 0 Å². The van der Waals surface area contributed by atoms with Gasteiger partial charge in [-0.3, -0.25) is 9.78 Å². The van der Waals surface area contributed by atoms with Crippen molar-refractivity contribution in [3.05, 3.63) is 72.1 Å². The molecule has 0 saturated carbocycles. The number of rotatable bonds is 4. The van der Waals surface area contributed by atoms with Crippen LogP contribution in [-0.4, -0.2) is 28.5 Å². The summed E-state index contributed by atoms with van der Waals surface area (Å²) in [5.41, 5.74) is 0.0954. The average Bonchev–Trinajstić information content (AvgIpc) is 3.09. The molecule has 2 heterocycles. The Bertz CT molecular complexity index is 1060. The van der Waals surface area contributed by atoms with E-state index in [9.17, 15) is 26.4 Å². The summed E-state index contributed by atoms with van der Waals surface area (Å²) in [6.07, 6.45) is 3.35. The van der Waals surface area contributed by atoms with E-state index in [1.54, 1.807) is 12.1 Å². The molecule has 0 aliphatic heterocycles. The topological polar surface area (TPSA) is 94.0 Å². The quantitative estimate of drug-likeness (QED) is 0.698. The fourth-order valence-electron chi connectivity index (χ4n) is 1.98. The number of amides is 1. The molecule has 3 aromatic rings. The number of hydrogen-bond donors (Lipinski definition) is 1. The lowest BCUT2D eigenvalue weighted by Gasteiger charge is -2.05. The van der Waals surface area contributed by atoms with Crippen LogP contribution in [0, 0.1) is 17.5 Å². The molecule has 0 aliphatic carbocycles. The van der Waals surface area contributed by atoms with Gasteiger partial charge in [-0.15, -0.1) is 0 Å². The number of anilines is 1. The monoisotopic (exact) mass is 382 g/mol. The summed E-state index contributed by atoms with van der Waals surface area (Å²) >= 11 is 0. The van der Waals surface area contributed by atoms with E-state index in [1.807, 2.05) is 0 Å². The Balaban J connectivity index is 1.88. The first-order chi connectivity index (χ1) is 12.3. The molecule has 134 valence electrons. The summed E-state index contributed by atoms with van der Waals surface area (Å²) in [7, 11) is -4.49. The van der Waals surface area contributed by atoms with E-state index in [0.717, 1.165) is 12.4 Å². The Morgan fingerprint density at radius 1 is 1.12 bits per heavy atom. The lowest BCUT2D eigenvalue weighted by molar-refractivity contribution is 0.102. The molecule has 0 aliphatic rings. The molecule has 0 spiro atoms. The molecule has 3 rings (SSSR count). The van der Waals surface area contributed by atoms with Crippen LogP contribution in [-0.2, 0) is 10.0 Å². The number of nitrogens with zero attached hydrogens (tertiary/aromatic N) is 3. The van der Waals surface area contributed by atoms with Crippen molar-refractivity contribution in [1.29, 1.82) is 0 Å². The molecule has 1 amide bonds. The van der Waals surface area contributed by atoms with Gasteiger partial charge in [-0.05, 0) is 24.3 Å². The summed E-state index contributed by atoms with van der Waals surface area (Å²) in [6.45, 7) is 0. The third-order valence-electron chi connectivity index (χ3n) is 3.22. The Hall–Kier alpha value is -3.21. The van der Waals surface area contributed by atoms with Gasteiger partial charge in [-0.25, -0.2) is 13.2 Å². The normalized spacial score (nSPS) is 11.3. The van der Waals surface area contributed by atoms with E-state index >= 15 is 0 Å². The highest BCUT2D eigenvalue weighted by atomic mass is 32.2. The molecular formula is C15H9F3N4O3S. The second-order valence-corrected chi connectivity index (χ2v) is 6.77. The van der Waals surface area contributed by atoms with Gasteiger partial charge in [-0.2, -0.15) is 17.6 Å². The van der Waals surface area contributed by atoms with Crippen molar-refractivity contribution in [3.8, 4) is 0 Å². The highest BCUT2D eigenvalue weighted by Crippen LogP contribution is 2.20. The van der Waals surface area contributed by atoms with E-state index < -0.39 is 38.3 Å². The van der Waals surface area contributed by atoms with Crippen LogP contribution in [0.4, 0.5) is 18.9 Å². The molecule has 0 fully saturated rings. The van der Waals surface area contributed by atoms with Gasteiger partial charge < -0.3 is 5.32 Å². The van der Waals surface area contributed by atoms with Crippen molar-refractivity contribution in [2.45, 2.75) is 4.90 Å². The zero-order chi connectivity index (χ0) is 18.9. The van der Waals surface area contributed by atoms with Crippen molar-refractivity contribution in [1.82, 2.24) is 14.2 Å². The van der Waals surface area contributed by atoms with Gasteiger partial charge in [0.2, 0.25) is 0 Å². The van der Waals surface area contributed by atoms with Crippen molar-refractivity contribution < 1.29 is 26.4 Å². The van der Waals surface area contributed by atoms with Crippen molar-refractivity contribution >= 4 is 21.6 Å². The predicted octanol–water partition coefficient (Wildman–Crippen LogP) is 2.18. The number of halogens is 3. The number of pyridine rings is 1. The molecule has 0 saturated heterocycles. The minimum absolute atomic E-state index is 0.00674. The van der Waals surface area contributed by atoms with Crippen molar-refractivity contribution in [2.24, 2.45) is 0 Å². The van der Waals surface area contributed by atoms with E-state index in [-0.39, 0.29) is 11.4 Å². The maximum Gasteiger partial charge on any atom is 0.283 e. The Morgan fingerprint density at radius 3 is 2.42 bits per heavy atom. The first-order valence-electron chi connectivity index (χ1n) is 6.96. The van der Waals surface area contributed by atoms with Crippen LogP contribution in [0.3, 0.4) is 0 Å². The number of aromatic nitrogens is 3. The summed E-state index contributed by atoms with van der Waals surface area (Å²) in [5, 5.41) is 5.92. The molecule has 0 unspecified atom stereocenters. The largest absolute Gasteiger partial charge is 0.318 e. The minimum atomic E-state index is -4.49. The van der Waals surface area contributed by atoms with Gasteiger partial charge in [0.15, 0.2) is 17.5 Å². The average molecular weight is 382 g/mol. The van der Waals surface area contributed by atoms with Crippen LogP contribution >= 0.6 is 0 Å². The van der Waals surface area contributed by atoms with Crippen LogP contribution in [0.1, 0.15) is 10.5 Å². The van der Waals surface area contributed by atoms with Gasteiger partial charge in [0.25, 0.3) is 15.9 Å². The summed E-state index contributed by atoms with van der Waals surface area (Å²) in [5.74, 6) is -5.70. The Kier molecular flexibility index (Phi) is 4.47. The maximum atomic E-state index is 13.3. The molecule has 1 aromatic carbocycles. The first-order valence-corrected chi connectivity index (χ1v) is 8.40. The van der Waals surface area contributed by atoms with E-state index in [0.29, 0.717) is 16.2 Å². The van der Waals surface area contributed by atoms with Gasteiger partial charge in [0, 0.05) is 6.20 Å². The van der Waals surface area contributed by atoms with Crippen LogP contribution in [0.15, 0.2) is 53.8 Å². The molecule has 1 N–H and O–H groups in total. The summed E-state index contributed by atoms with van der Waals surface area (Å²) in [4.78, 5) is 15.0. The summed E-state index contributed by atoms with van der Waals surface area (Å²) < 4.78 is 64.6. The van der Waals surface area contributed by atoms with Gasteiger partial charge in [0.1, 0.15) is 5.69 Å². The molecule has 0 radical (unpaired) electrons. The maximum absolute atomic E-state index is 13.3. The molecule has 0 atom stereocenters. The van der Waals surface area contributed by atoms with Crippen LogP contribution in [0.25, 0.3) is 0 Å². The standard InChI is InChI=1S/C15H9F3N4O3S/c16-11-5-10(6-12(17)14(11)18)26(24,25)22-8-9(7-20-22)21-15(23)13-3-1-2-4-19-13/h1-8H,(H,21,23). The van der Waals surface area contributed by atoms with Gasteiger partial charge in [-0.1, -0.05) is 6.07 Å². The van der Waals surface area contributed by atoms with Crippen molar-refractivity contribution in [3.63, 3.8) is 0 Å². The van der Waals surface area contributed by atoms with Crippen LogP contribution < -0.4 is 5.32 Å². The molecule has 7 nitrogen and oxygen atoms in total. The first kappa shape index (κ1) is 17.6. The zero-order valence-electron chi connectivity index (χ0n) is 12.7. The second-order valence-electron chi connectivity index (χ2n) is 4.98. The Morgan fingerprint density at radius 2 is 1.81 bits per heavy atom. The molecule has 0 bridgehead atoms. The van der Waals surface area contributed by atoms with Crippen molar-refractivity contribution in [2.75, 3.05) is 5.32 Å². The molecule has 11 heteroatoms. The third-order valence-corrected chi connectivity index (χ3v) is 4.74. The molecular weight excluding hydrogens is 373 g/mol. The molecule has 2 aromatic heterocycles. The van der Waals surface area contributed by atoms with E-state index in [4.69, 9.17) is 0 Å².